The van der Waals surface area contributed by atoms with Crippen LogP contribution in [0.5, 0.6) is 11.5 Å². The second kappa shape index (κ2) is 10.5. The Morgan fingerprint density at radius 3 is 2.09 bits per heavy atom. The Hall–Kier alpha value is -3.03. The van der Waals surface area contributed by atoms with Gasteiger partial charge in [0, 0.05) is 11.4 Å². The lowest BCUT2D eigenvalue weighted by molar-refractivity contribution is -0.117. The predicted octanol–water partition coefficient (Wildman–Crippen LogP) is 5.24. The summed E-state index contributed by atoms with van der Waals surface area (Å²) in [7, 11) is -2.58. The van der Waals surface area contributed by atoms with Gasteiger partial charge in [0.25, 0.3) is 10.0 Å². The molecule has 0 spiro atoms. The second-order valence-corrected chi connectivity index (χ2v) is 9.30. The SMILES string of the molecule is COc1ccc(N(C(=O)CCCOc2ccc(Cl)cc2)S(=O)(=O)c2ccc(C)cc2)cc1. The average molecular weight is 474 g/mol. The summed E-state index contributed by atoms with van der Waals surface area (Å²) in [5, 5.41) is 0.601. The molecule has 0 heterocycles. The fourth-order valence-corrected chi connectivity index (χ4v) is 4.57. The molecule has 32 heavy (non-hydrogen) atoms. The molecule has 8 heteroatoms. The van der Waals surface area contributed by atoms with E-state index >= 15 is 0 Å². The Bertz CT molecular complexity index is 1140. The molecule has 0 fully saturated rings. The number of aryl methyl sites for hydroxylation is 1. The number of sulfonamides is 1. The van der Waals surface area contributed by atoms with Crippen LogP contribution < -0.4 is 13.8 Å². The maximum atomic E-state index is 13.4. The molecule has 0 aliphatic rings. The van der Waals surface area contributed by atoms with Crippen molar-refractivity contribution >= 4 is 33.2 Å². The highest BCUT2D eigenvalue weighted by molar-refractivity contribution is 7.93. The Balaban J connectivity index is 1.78. The lowest BCUT2D eigenvalue weighted by Gasteiger charge is -2.23. The molecular formula is C24H24ClNO5S. The van der Waals surface area contributed by atoms with E-state index in [0.29, 0.717) is 22.9 Å². The summed E-state index contributed by atoms with van der Waals surface area (Å²) in [5.41, 5.74) is 1.17. The third kappa shape index (κ3) is 5.81. The lowest BCUT2D eigenvalue weighted by atomic mass is 10.2. The third-order valence-electron chi connectivity index (χ3n) is 4.71. The summed E-state index contributed by atoms with van der Waals surface area (Å²) in [6.45, 7) is 2.12. The highest BCUT2D eigenvalue weighted by Crippen LogP contribution is 2.27. The minimum absolute atomic E-state index is 0.00922. The first-order valence-electron chi connectivity index (χ1n) is 9.98. The standard InChI is InChI=1S/C24H24ClNO5S/c1-18-5-15-23(16-6-18)32(28,29)26(20-9-13-21(30-2)14-10-20)24(27)4-3-17-31-22-11-7-19(25)8-12-22/h5-16H,3-4,17H2,1-2H3. The summed E-state index contributed by atoms with van der Waals surface area (Å²) < 4.78 is 38.3. The summed E-state index contributed by atoms with van der Waals surface area (Å²) in [5.74, 6) is 0.641. The molecule has 0 atom stereocenters. The number of carbonyl (C=O) groups is 1. The van der Waals surface area contributed by atoms with Crippen molar-refractivity contribution < 1.29 is 22.7 Å². The number of amides is 1. The number of anilines is 1. The van der Waals surface area contributed by atoms with Gasteiger partial charge in [-0.3, -0.25) is 4.79 Å². The van der Waals surface area contributed by atoms with Gasteiger partial charge >= 0.3 is 0 Å². The van der Waals surface area contributed by atoms with Gasteiger partial charge in [-0.15, -0.1) is 0 Å². The molecule has 3 aromatic carbocycles. The molecule has 6 nitrogen and oxygen atoms in total. The summed E-state index contributed by atoms with van der Waals surface area (Å²) >= 11 is 5.86. The van der Waals surface area contributed by atoms with E-state index in [2.05, 4.69) is 0 Å². The van der Waals surface area contributed by atoms with Crippen LogP contribution in [0, 0.1) is 6.92 Å². The van der Waals surface area contributed by atoms with Crippen molar-refractivity contribution in [2.75, 3.05) is 18.0 Å². The molecule has 3 rings (SSSR count). The normalized spacial score (nSPS) is 11.1. The summed E-state index contributed by atoms with van der Waals surface area (Å²) in [4.78, 5) is 13.1. The molecule has 0 radical (unpaired) electrons. The zero-order valence-electron chi connectivity index (χ0n) is 17.8. The van der Waals surface area contributed by atoms with Crippen LogP contribution in [0.4, 0.5) is 5.69 Å². The highest BCUT2D eigenvalue weighted by atomic mass is 35.5. The molecule has 0 aromatic heterocycles. The number of hydrogen-bond acceptors (Lipinski definition) is 5. The van der Waals surface area contributed by atoms with Gasteiger partial charge in [-0.05, 0) is 74.0 Å². The minimum atomic E-state index is -4.10. The van der Waals surface area contributed by atoms with Crippen LogP contribution in [0.15, 0.2) is 77.7 Å². The largest absolute Gasteiger partial charge is 0.497 e. The van der Waals surface area contributed by atoms with E-state index < -0.39 is 15.9 Å². The zero-order valence-corrected chi connectivity index (χ0v) is 19.4. The molecule has 3 aromatic rings. The highest BCUT2D eigenvalue weighted by Gasteiger charge is 2.30. The van der Waals surface area contributed by atoms with Gasteiger partial charge in [0.05, 0.1) is 24.3 Å². The molecule has 0 saturated carbocycles. The molecule has 0 unspecified atom stereocenters. The van der Waals surface area contributed by atoms with E-state index in [1.54, 1.807) is 60.7 Å². The fourth-order valence-electron chi connectivity index (χ4n) is 3.00. The lowest BCUT2D eigenvalue weighted by Crippen LogP contribution is -2.37. The maximum absolute atomic E-state index is 13.4. The van der Waals surface area contributed by atoms with Crippen molar-refractivity contribution in [2.24, 2.45) is 0 Å². The molecule has 1 amide bonds. The first kappa shape index (κ1) is 23.6. The van der Waals surface area contributed by atoms with Crippen molar-refractivity contribution in [3.05, 3.63) is 83.4 Å². The van der Waals surface area contributed by atoms with E-state index in [4.69, 9.17) is 21.1 Å². The molecule has 0 N–H and O–H groups in total. The fraction of sp³-hybridized carbons (Fsp3) is 0.208. The van der Waals surface area contributed by atoms with Crippen molar-refractivity contribution in [1.82, 2.24) is 0 Å². The van der Waals surface area contributed by atoms with Gasteiger partial charge in [0.2, 0.25) is 5.91 Å². The number of carbonyl (C=O) groups excluding carboxylic acids is 1. The molecule has 0 bridgehead atoms. The van der Waals surface area contributed by atoms with Crippen LogP contribution >= 0.6 is 11.6 Å². The number of rotatable bonds is 9. The Kier molecular flexibility index (Phi) is 7.77. The number of ether oxygens (including phenoxy) is 2. The monoisotopic (exact) mass is 473 g/mol. The van der Waals surface area contributed by atoms with Crippen LogP contribution in [-0.4, -0.2) is 28.0 Å². The Morgan fingerprint density at radius 1 is 0.906 bits per heavy atom. The maximum Gasteiger partial charge on any atom is 0.270 e. The molecular weight excluding hydrogens is 450 g/mol. The van der Waals surface area contributed by atoms with E-state index in [1.807, 2.05) is 6.92 Å². The second-order valence-electron chi connectivity index (χ2n) is 7.08. The zero-order chi connectivity index (χ0) is 23.1. The Labute approximate surface area is 193 Å². The van der Waals surface area contributed by atoms with Gasteiger partial charge in [-0.2, -0.15) is 0 Å². The third-order valence-corrected chi connectivity index (χ3v) is 6.73. The molecule has 0 aliphatic carbocycles. The van der Waals surface area contributed by atoms with Crippen molar-refractivity contribution in [3.63, 3.8) is 0 Å². The Morgan fingerprint density at radius 2 is 1.50 bits per heavy atom. The van der Waals surface area contributed by atoms with Crippen LogP contribution in [0.2, 0.25) is 5.02 Å². The van der Waals surface area contributed by atoms with Crippen molar-refractivity contribution in [1.29, 1.82) is 0 Å². The van der Waals surface area contributed by atoms with Gasteiger partial charge < -0.3 is 9.47 Å². The summed E-state index contributed by atoms with van der Waals surface area (Å²) in [6.07, 6.45) is 0.336. The molecule has 168 valence electrons. The number of hydrogen-bond donors (Lipinski definition) is 0. The van der Waals surface area contributed by atoms with Gasteiger partial charge in [-0.1, -0.05) is 29.3 Å². The number of halogens is 1. The predicted molar refractivity (Wildman–Crippen MR) is 125 cm³/mol. The van der Waals surface area contributed by atoms with E-state index in [9.17, 15) is 13.2 Å². The smallest absolute Gasteiger partial charge is 0.270 e. The first-order valence-corrected chi connectivity index (χ1v) is 11.8. The number of nitrogens with zero attached hydrogens (tertiary/aromatic N) is 1. The van der Waals surface area contributed by atoms with Crippen molar-refractivity contribution in [3.8, 4) is 11.5 Å². The van der Waals surface area contributed by atoms with Gasteiger partial charge in [0.15, 0.2) is 0 Å². The topological polar surface area (TPSA) is 72.9 Å². The number of methoxy groups -OCH3 is 1. The average Bonchev–Trinajstić information content (AvgIpc) is 2.78. The molecule has 0 saturated heterocycles. The van der Waals surface area contributed by atoms with Gasteiger partial charge in [0.1, 0.15) is 11.5 Å². The van der Waals surface area contributed by atoms with E-state index in [1.165, 1.54) is 19.2 Å². The van der Waals surface area contributed by atoms with E-state index in [0.717, 1.165) is 9.87 Å². The van der Waals surface area contributed by atoms with Crippen LogP contribution in [0.1, 0.15) is 18.4 Å². The quantitative estimate of drug-likeness (QED) is 0.397. The van der Waals surface area contributed by atoms with Gasteiger partial charge in [-0.25, -0.2) is 12.7 Å². The minimum Gasteiger partial charge on any atom is -0.497 e. The first-order chi connectivity index (χ1) is 15.3. The van der Waals surface area contributed by atoms with E-state index in [-0.39, 0.29) is 23.6 Å². The van der Waals surface area contributed by atoms with Crippen LogP contribution in [-0.2, 0) is 14.8 Å². The summed E-state index contributed by atoms with van der Waals surface area (Å²) in [6, 6.07) is 19.6. The van der Waals surface area contributed by atoms with Crippen LogP contribution in [0.25, 0.3) is 0 Å². The van der Waals surface area contributed by atoms with Crippen LogP contribution in [0.3, 0.4) is 0 Å². The van der Waals surface area contributed by atoms with Crippen molar-refractivity contribution in [2.45, 2.75) is 24.7 Å². The number of benzene rings is 3. The molecule has 0 aliphatic heterocycles.